The summed E-state index contributed by atoms with van der Waals surface area (Å²) in [7, 11) is -4.08. The van der Waals surface area contributed by atoms with Gasteiger partial charge in [-0.3, -0.25) is 4.79 Å². The fourth-order valence-electron chi connectivity index (χ4n) is 5.51. The van der Waals surface area contributed by atoms with Crippen LogP contribution in [0, 0.1) is 19.8 Å². The van der Waals surface area contributed by atoms with Gasteiger partial charge in [-0.2, -0.15) is 4.98 Å². The smallest absolute Gasteiger partial charge is 0.264 e. The molecule has 0 aliphatic carbocycles. The molecule has 0 radical (unpaired) electrons. The molecule has 0 saturated carbocycles. The molecule has 3 aromatic rings. The van der Waals surface area contributed by atoms with Crippen LogP contribution in [0.15, 0.2) is 53.4 Å². The SMILES string of the molecule is Cc1cccc(C)c1-c1cc2nc(n1)NS(=O)(=O)c1cccc(c1)C(=O)N(C1CCNC1)[C@H](CC(C)C)CO2.Cl. The molecule has 5 rings (SSSR count). The summed E-state index contributed by atoms with van der Waals surface area (Å²) in [5.41, 5.74) is 3.78. The molecule has 1 aromatic heterocycles. The van der Waals surface area contributed by atoms with E-state index in [0.717, 1.165) is 36.1 Å². The number of anilines is 1. The van der Waals surface area contributed by atoms with Crippen molar-refractivity contribution >= 4 is 34.3 Å². The fourth-order valence-corrected chi connectivity index (χ4v) is 6.50. The Morgan fingerprint density at radius 3 is 2.48 bits per heavy atom. The lowest BCUT2D eigenvalue weighted by atomic mass is 9.99. The molecule has 2 aliphatic heterocycles. The van der Waals surface area contributed by atoms with E-state index in [1.54, 1.807) is 18.2 Å². The van der Waals surface area contributed by atoms with E-state index >= 15 is 0 Å². The lowest BCUT2D eigenvalue weighted by Gasteiger charge is -2.37. The van der Waals surface area contributed by atoms with Crippen LogP contribution in [0.1, 0.15) is 48.2 Å². The van der Waals surface area contributed by atoms with Gasteiger partial charge in [0.1, 0.15) is 6.61 Å². The summed E-state index contributed by atoms with van der Waals surface area (Å²) in [5, 5.41) is 3.36. The third kappa shape index (κ3) is 6.24. The van der Waals surface area contributed by atoms with Gasteiger partial charge in [-0.15, -0.1) is 12.4 Å². The number of aromatic nitrogens is 2. The van der Waals surface area contributed by atoms with Gasteiger partial charge in [-0.25, -0.2) is 18.1 Å². The van der Waals surface area contributed by atoms with Crippen LogP contribution >= 0.6 is 12.4 Å². The van der Waals surface area contributed by atoms with Gasteiger partial charge >= 0.3 is 0 Å². The molecule has 3 heterocycles. The number of hydrogen-bond donors (Lipinski definition) is 2. The van der Waals surface area contributed by atoms with E-state index in [-0.39, 0.29) is 53.7 Å². The Kier molecular flexibility index (Phi) is 9.02. The van der Waals surface area contributed by atoms with Crippen molar-refractivity contribution in [3.63, 3.8) is 0 Å². The van der Waals surface area contributed by atoms with Crippen LogP contribution in [0.3, 0.4) is 0 Å². The number of carbonyl (C=O) groups is 1. The standard InChI is InChI=1S/C29H35N5O4S.ClH/c1-18(2)13-23-17-38-26-15-25(27-19(3)7-5-8-20(27)4)31-29(32-26)33-39(36,37)24-10-6-9-21(14-24)28(35)34(23)22-11-12-30-16-22;/h5-10,14-15,18,22-23,30H,11-13,16-17H2,1-4H3,(H,31,32,33);1H/t22?,23-;/m1./s1. The maximum atomic E-state index is 14.0. The number of ether oxygens (including phenoxy) is 1. The van der Waals surface area contributed by atoms with Crippen molar-refractivity contribution in [1.82, 2.24) is 20.2 Å². The summed E-state index contributed by atoms with van der Waals surface area (Å²) in [4.78, 5) is 24.9. The van der Waals surface area contributed by atoms with Crippen molar-refractivity contribution in [2.24, 2.45) is 5.92 Å². The minimum Gasteiger partial charge on any atom is -0.475 e. The third-order valence-electron chi connectivity index (χ3n) is 7.28. The molecule has 1 fully saturated rings. The van der Waals surface area contributed by atoms with E-state index in [0.29, 0.717) is 23.7 Å². The number of nitrogens with one attached hydrogen (secondary N) is 2. The molecule has 11 heteroatoms. The largest absolute Gasteiger partial charge is 0.475 e. The quantitative estimate of drug-likeness (QED) is 0.460. The first-order valence-electron chi connectivity index (χ1n) is 13.4. The van der Waals surface area contributed by atoms with Crippen LogP contribution in [0.25, 0.3) is 11.3 Å². The summed E-state index contributed by atoms with van der Waals surface area (Å²) in [5.74, 6) is 0.261. The number of amides is 1. The zero-order chi connectivity index (χ0) is 27.7. The molecule has 2 aliphatic rings. The molecule has 2 N–H and O–H groups in total. The van der Waals surface area contributed by atoms with Gasteiger partial charge in [0.05, 0.1) is 16.6 Å². The summed E-state index contributed by atoms with van der Waals surface area (Å²) in [6.45, 7) is 9.92. The fraction of sp³-hybridized carbons (Fsp3) is 0.414. The predicted octanol–water partition coefficient (Wildman–Crippen LogP) is 4.59. The van der Waals surface area contributed by atoms with E-state index in [2.05, 4.69) is 33.9 Å². The normalized spacial score (nSPS) is 20.4. The van der Waals surface area contributed by atoms with E-state index in [1.807, 2.05) is 36.9 Å². The summed E-state index contributed by atoms with van der Waals surface area (Å²) >= 11 is 0. The van der Waals surface area contributed by atoms with Crippen LogP contribution in [-0.4, -0.2) is 61.0 Å². The number of carbonyl (C=O) groups excluding carboxylic acids is 1. The van der Waals surface area contributed by atoms with Crippen LogP contribution in [-0.2, 0) is 10.0 Å². The highest BCUT2D eigenvalue weighted by Gasteiger charge is 2.35. The Bertz CT molecular complexity index is 1470. The zero-order valence-corrected chi connectivity index (χ0v) is 24.8. The average molecular weight is 586 g/mol. The van der Waals surface area contributed by atoms with Gasteiger partial charge < -0.3 is 15.0 Å². The van der Waals surface area contributed by atoms with Gasteiger partial charge in [0.15, 0.2) is 0 Å². The topological polar surface area (TPSA) is 114 Å². The highest BCUT2D eigenvalue weighted by Crippen LogP contribution is 2.31. The molecule has 1 unspecified atom stereocenters. The first kappa shape index (κ1) is 29.8. The Balaban J connectivity index is 0.00000370. The van der Waals surface area contributed by atoms with E-state index in [9.17, 15) is 13.2 Å². The number of halogens is 1. The van der Waals surface area contributed by atoms with Gasteiger partial charge in [-0.05, 0) is 68.5 Å². The Hall–Kier alpha value is -3.21. The van der Waals surface area contributed by atoms with Crippen LogP contribution in [0.5, 0.6) is 5.88 Å². The average Bonchev–Trinajstić information content (AvgIpc) is 3.40. The first-order chi connectivity index (χ1) is 18.6. The van der Waals surface area contributed by atoms with Gasteiger partial charge in [0.25, 0.3) is 15.9 Å². The number of benzene rings is 2. The molecular formula is C29H36ClN5O4S. The monoisotopic (exact) mass is 585 g/mol. The molecule has 2 atom stereocenters. The predicted molar refractivity (Wildman–Crippen MR) is 158 cm³/mol. The number of nitrogens with zero attached hydrogens (tertiary/aromatic N) is 3. The Morgan fingerprint density at radius 1 is 1.07 bits per heavy atom. The number of rotatable bonds is 4. The minimum atomic E-state index is -4.08. The van der Waals surface area contributed by atoms with Crippen LogP contribution in [0.2, 0.25) is 0 Å². The molecular weight excluding hydrogens is 550 g/mol. The molecule has 214 valence electrons. The first-order valence-corrected chi connectivity index (χ1v) is 14.9. The van der Waals surface area contributed by atoms with Crippen LogP contribution < -0.4 is 14.8 Å². The second-order valence-electron chi connectivity index (χ2n) is 10.8. The molecule has 9 nitrogen and oxygen atoms in total. The van der Waals surface area contributed by atoms with E-state index in [1.165, 1.54) is 12.1 Å². The number of hydrogen-bond acceptors (Lipinski definition) is 7. The van der Waals surface area contributed by atoms with Crippen molar-refractivity contribution in [2.75, 3.05) is 24.4 Å². The van der Waals surface area contributed by atoms with Crippen molar-refractivity contribution in [2.45, 2.75) is 57.5 Å². The molecule has 1 saturated heterocycles. The second-order valence-corrected chi connectivity index (χ2v) is 12.5. The molecule has 0 spiro atoms. The Labute approximate surface area is 242 Å². The number of aryl methyl sites for hydroxylation is 2. The maximum Gasteiger partial charge on any atom is 0.264 e. The zero-order valence-electron chi connectivity index (χ0n) is 23.2. The van der Waals surface area contributed by atoms with Crippen molar-refractivity contribution < 1.29 is 17.9 Å². The van der Waals surface area contributed by atoms with Gasteiger partial charge in [0, 0.05) is 29.8 Å². The van der Waals surface area contributed by atoms with Crippen molar-refractivity contribution in [3.8, 4) is 17.1 Å². The second kappa shape index (κ2) is 12.1. The number of sulfonamides is 1. The lowest BCUT2D eigenvalue weighted by Crippen LogP contribution is -2.51. The highest BCUT2D eigenvalue weighted by atomic mass is 35.5. The minimum absolute atomic E-state index is 0. The van der Waals surface area contributed by atoms with Crippen molar-refractivity contribution in [3.05, 3.63) is 65.2 Å². The highest BCUT2D eigenvalue weighted by molar-refractivity contribution is 7.92. The van der Waals surface area contributed by atoms with Gasteiger partial charge in [0.2, 0.25) is 11.8 Å². The van der Waals surface area contributed by atoms with Gasteiger partial charge in [-0.1, -0.05) is 38.1 Å². The summed E-state index contributed by atoms with van der Waals surface area (Å²) in [6.07, 6.45) is 1.54. The third-order valence-corrected chi connectivity index (χ3v) is 8.61. The summed E-state index contributed by atoms with van der Waals surface area (Å²) in [6, 6.07) is 13.6. The lowest BCUT2D eigenvalue weighted by molar-refractivity contribution is 0.0465. The molecule has 2 aromatic carbocycles. The molecule has 4 bridgehead atoms. The molecule has 1 amide bonds. The summed E-state index contributed by atoms with van der Waals surface area (Å²) < 4.78 is 35.7. The Morgan fingerprint density at radius 2 is 1.80 bits per heavy atom. The van der Waals surface area contributed by atoms with E-state index in [4.69, 9.17) is 4.74 Å². The molecule has 40 heavy (non-hydrogen) atoms. The number of fused-ring (bicyclic) bond motifs is 4. The van der Waals surface area contributed by atoms with Crippen molar-refractivity contribution in [1.29, 1.82) is 0 Å². The maximum absolute atomic E-state index is 14.0. The van der Waals surface area contributed by atoms with Crippen LogP contribution in [0.4, 0.5) is 5.95 Å². The van der Waals surface area contributed by atoms with E-state index < -0.39 is 10.0 Å².